The summed E-state index contributed by atoms with van der Waals surface area (Å²) in [5.41, 5.74) is 0.696. The molecule has 2 saturated heterocycles. The van der Waals surface area contributed by atoms with Gasteiger partial charge < -0.3 is 14.9 Å². The number of benzene rings is 2. The molecule has 0 saturated carbocycles. The molecule has 0 spiro atoms. The van der Waals surface area contributed by atoms with Gasteiger partial charge in [-0.1, -0.05) is 12.1 Å². The molecule has 2 aromatic rings. The van der Waals surface area contributed by atoms with Gasteiger partial charge in [0.15, 0.2) is 0 Å². The number of halogens is 2. The minimum atomic E-state index is -0.835. The van der Waals surface area contributed by atoms with E-state index in [9.17, 15) is 23.5 Å². The molecular weight excluding hydrogens is 390 g/mol. The van der Waals surface area contributed by atoms with Gasteiger partial charge in [0.1, 0.15) is 17.4 Å². The fourth-order valence-corrected chi connectivity index (χ4v) is 4.12. The Labute approximate surface area is 173 Å². The standard InChI is InChI=1S/C23H22F2N2O3/c24-17-7-3-15(4-8-17)20-19(21(28)16-5-9-18(25)10-6-16)22(29)23(30)27(20)14-13-26-11-1-2-12-26/h3-10,20,28H,1-2,11-14H2/b21-19+. The third-order valence-corrected chi connectivity index (χ3v) is 5.70. The molecule has 2 aromatic carbocycles. The summed E-state index contributed by atoms with van der Waals surface area (Å²) in [4.78, 5) is 29.4. The summed E-state index contributed by atoms with van der Waals surface area (Å²) < 4.78 is 26.8. The Kier molecular flexibility index (Phi) is 5.63. The molecule has 156 valence electrons. The first-order chi connectivity index (χ1) is 14.5. The fourth-order valence-electron chi connectivity index (χ4n) is 4.12. The van der Waals surface area contributed by atoms with Crippen LogP contribution in [0.25, 0.3) is 5.76 Å². The first-order valence-corrected chi connectivity index (χ1v) is 9.98. The second kappa shape index (κ2) is 8.36. The van der Waals surface area contributed by atoms with Gasteiger partial charge in [-0.25, -0.2) is 8.78 Å². The van der Waals surface area contributed by atoms with Crippen LogP contribution in [0.15, 0.2) is 54.1 Å². The molecule has 1 amide bonds. The molecule has 5 nitrogen and oxygen atoms in total. The minimum absolute atomic E-state index is 0.0698. The third-order valence-electron chi connectivity index (χ3n) is 5.70. The van der Waals surface area contributed by atoms with Gasteiger partial charge >= 0.3 is 0 Å². The molecule has 1 atom stereocenters. The van der Waals surface area contributed by atoms with Crippen LogP contribution in [0.3, 0.4) is 0 Å². The molecule has 0 radical (unpaired) electrons. The van der Waals surface area contributed by atoms with Gasteiger partial charge in [-0.05, 0) is 67.9 Å². The van der Waals surface area contributed by atoms with E-state index in [1.165, 1.54) is 53.4 Å². The van der Waals surface area contributed by atoms with Crippen molar-refractivity contribution in [1.82, 2.24) is 9.80 Å². The highest BCUT2D eigenvalue weighted by Crippen LogP contribution is 2.39. The minimum Gasteiger partial charge on any atom is -0.507 e. The summed E-state index contributed by atoms with van der Waals surface area (Å²) in [6.45, 7) is 2.82. The summed E-state index contributed by atoms with van der Waals surface area (Å²) in [7, 11) is 0. The van der Waals surface area contributed by atoms with E-state index in [0.29, 0.717) is 18.7 Å². The molecule has 0 aliphatic carbocycles. The van der Waals surface area contributed by atoms with Crippen LogP contribution in [0, 0.1) is 11.6 Å². The van der Waals surface area contributed by atoms with E-state index in [1.54, 1.807) is 0 Å². The molecule has 7 heteroatoms. The van der Waals surface area contributed by atoms with Gasteiger partial charge in [0.2, 0.25) is 0 Å². The van der Waals surface area contributed by atoms with Crippen LogP contribution in [-0.4, -0.2) is 52.8 Å². The van der Waals surface area contributed by atoms with Crippen molar-refractivity contribution in [2.75, 3.05) is 26.2 Å². The number of hydrogen-bond donors (Lipinski definition) is 1. The predicted molar refractivity (Wildman–Crippen MR) is 107 cm³/mol. The van der Waals surface area contributed by atoms with E-state index in [2.05, 4.69) is 4.90 Å². The molecule has 1 N–H and O–H groups in total. The fraction of sp³-hybridized carbons (Fsp3) is 0.304. The Morgan fingerprint density at radius 1 is 0.900 bits per heavy atom. The number of ketones is 1. The lowest BCUT2D eigenvalue weighted by Gasteiger charge is -2.27. The number of rotatable bonds is 5. The molecule has 0 bridgehead atoms. The van der Waals surface area contributed by atoms with Gasteiger partial charge in [-0.15, -0.1) is 0 Å². The zero-order valence-corrected chi connectivity index (χ0v) is 16.4. The molecule has 0 aromatic heterocycles. The van der Waals surface area contributed by atoms with Crippen molar-refractivity contribution in [2.24, 2.45) is 0 Å². The van der Waals surface area contributed by atoms with Crippen LogP contribution in [-0.2, 0) is 9.59 Å². The number of amides is 1. The lowest BCUT2D eigenvalue weighted by molar-refractivity contribution is -0.140. The largest absolute Gasteiger partial charge is 0.507 e. The van der Waals surface area contributed by atoms with Crippen molar-refractivity contribution < 1.29 is 23.5 Å². The first-order valence-electron chi connectivity index (χ1n) is 9.98. The number of likely N-dealkylation sites (tertiary alicyclic amines) is 2. The molecule has 2 heterocycles. The number of carbonyl (C=O) groups is 2. The van der Waals surface area contributed by atoms with Crippen LogP contribution in [0.4, 0.5) is 8.78 Å². The first kappa shape index (κ1) is 20.2. The van der Waals surface area contributed by atoms with Gasteiger partial charge in [0, 0.05) is 18.7 Å². The van der Waals surface area contributed by atoms with E-state index in [0.717, 1.165) is 25.9 Å². The zero-order valence-electron chi connectivity index (χ0n) is 16.4. The second-order valence-corrected chi connectivity index (χ2v) is 7.60. The van der Waals surface area contributed by atoms with Gasteiger partial charge in [0.25, 0.3) is 11.7 Å². The van der Waals surface area contributed by atoms with Crippen LogP contribution < -0.4 is 0 Å². The molecule has 1 unspecified atom stereocenters. The van der Waals surface area contributed by atoms with Crippen molar-refractivity contribution >= 4 is 17.4 Å². The van der Waals surface area contributed by atoms with Crippen molar-refractivity contribution in [2.45, 2.75) is 18.9 Å². The Hall–Kier alpha value is -3.06. The highest BCUT2D eigenvalue weighted by molar-refractivity contribution is 6.46. The number of aliphatic hydroxyl groups excluding tert-OH is 1. The summed E-state index contributed by atoms with van der Waals surface area (Å²) >= 11 is 0. The summed E-state index contributed by atoms with van der Waals surface area (Å²) in [6, 6.07) is 9.74. The topological polar surface area (TPSA) is 60.9 Å². The van der Waals surface area contributed by atoms with E-state index >= 15 is 0 Å². The molecule has 30 heavy (non-hydrogen) atoms. The monoisotopic (exact) mass is 412 g/mol. The van der Waals surface area contributed by atoms with Crippen molar-refractivity contribution in [3.63, 3.8) is 0 Å². The smallest absolute Gasteiger partial charge is 0.295 e. The number of Topliss-reactive ketones (excluding diaryl/α,β-unsaturated/α-hetero) is 1. The lowest BCUT2D eigenvalue weighted by atomic mass is 9.95. The number of nitrogens with zero attached hydrogens (tertiary/aromatic N) is 2. The van der Waals surface area contributed by atoms with Crippen molar-refractivity contribution in [3.8, 4) is 0 Å². The Balaban J connectivity index is 1.75. The average Bonchev–Trinajstić information content (AvgIpc) is 3.34. The zero-order chi connectivity index (χ0) is 21.3. The molecular formula is C23H22F2N2O3. The van der Waals surface area contributed by atoms with E-state index in [1.807, 2.05) is 0 Å². The number of hydrogen-bond acceptors (Lipinski definition) is 4. The number of carbonyl (C=O) groups excluding carboxylic acids is 2. The lowest BCUT2D eigenvalue weighted by Crippen LogP contribution is -2.37. The van der Waals surface area contributed by atoms with Crippen LogP contribution >= 0.6 is 0 Å². The van der Waals surface area contributed by atoms with Crippen LogP contribution in [0.1, 0.15) is 30.0 Å². The van der Waals surface area contributed by atoms with E-state index in [4.69, 9.17) is 0 Å². The third kappa shape index (κ3) is 3.85. The highest BCUT2D eigenvalue weighted by atomic mass is 19.1. The van der Waals surface area contributed by atoms with Gasteiger partial charge in [-0.3, -0.25) is 9.59 Å². The quantitative estimate of drug-likeness (QED) is 0.464. The van der Waals surface area contributed by atoms with Crippen LogP contribution in [0.5, 0.6) is 0 Å². The molecule has 4 rings (SSSR count). The molecule has 2 aliphatic heterocycles. The average molecular weight is 412 g/mol. The Morgan fingerprint density at radius 2 is 1.47 bits per heavy atom. The summed E-state index contributed by atoms with van der Waals surface area (Å²) in [5.74, 6) is -2.79. The van der Waals surface area contributed by atoms with E-state index < -0.39 is 29.4 Å². The van der Waals surface area contributed by atoms with Crippen molar-refractivity contribution in [1.29, 1.82) is 0 Å². The van der Waals surface area contributed by atoms with Gasteiger partial charge in [0.05, 0.1) is 11.6 Å². The molecule has 2 aliphatic rings. The Morgan fingerprint density at radius 3 is 2.07 bits per heavy atom. The SMILES string of the molecule is O=C1C(=O)N(CCN2CCCC2)C(c2ccc(F)cc2)/C1=C(\O)c1ccc(F)cc1. The molecule has 2 fully saturated rings. The maximum atomic E-state index is 13.5. The summed E-state index contributed by atoms with van der Waals surface area (Å²) in [5, 5.41) is 10.9. The van der Waals surface area contributed by atoms with Crippen molar-refractivity contribution in [3.05, 3.63) is 76.9 Å². The van der Waals surface area contributed by atoms with E-state index in [-0.39, 0.29) is 16.9 Å². The maximum absolute atomic E-state index is 13.5. The normalized spacial score (nSPS) is 21.5. The van der Waals surface area contributed by atoms with Crippen LogP contribution in [0.2, 0.25) is 0 Å². The Bertz CT molecular complexity index is 981. The second-order valence-electron chi connectivity index (χ2n) is 7.60. The summed E-state index contributed by atoms with van der Waals surface area (Å²) in [6.07, 6.45) is 2.20. The predicted octanol–water partition coefficient (Wildman–Crippen LogP) is 3.48. The maximum Gasteiger partial charge on any atom is 0.295 e. The van der Waals surface area contributed by atoms with Gasteiger partial charge in [-0.2, -0.15) is 0 Å². The highest BCUT2D eigenvalue weighted by Gasteiger charge is 2.46. The number of aliphatic hydroxyl groups is 1.